The summed E-state index contributed by atoms with van der Waals surface area (Å²) in [5.41, 5.74) is 1.02. The second-order valence-corrected chi connectivity index (χ2v) is 5.30. The van der Waals surface area contributed by atoms with Gasteiger partial charge in [-0.1, -0.05) is 24.3 Å². The first-order chi connectivity index (χ1) is 12.2. The molecule has 122 valence electrons. The maximum Gasteiger partial charge on any atom is 0.347 e. The number of nitrogens with zero attached hydrogens (tertiary/aromatic N) is 1. The fourth-order valence-corrected chi connectivity index (χ4v) is 2.50. The lowest BCUT2D eigenvalue weighted by Crippen LogP contribution is -2.12. The molecule has 4 aromatic rings. The van der Waals surface area contributed by atoms with Gasteiger partial charge in [0.1, 0.15) is 0 Å². The van der Waals surface area contributed by atoms with Gasteiger partial charge in [-0.05, 0) is 36.4 Å². The van der Waals surface area contributed by atoms with E-state index >= 15 is 0 Å². The van der Waals surface area contributed by atoms with Crippen molar-refractivity contribution in [3.63, 3.8) is 0 Å². The molecule has 0 unspecified atom stereocenters. The third-order valence-corrected chi connectivity index (χ3v) is 3.69. The van der Waals surface area contributed by atoms with Crippen molar-refractivity contribution in [3.8, 4) is 11.5 Å². The van der Waals surface area contributed by atoms with Crippen molar-refractivity contribution in [1.29, 1.82) is 0 Å². The average Bonchev–Trinajstić information content (AvgIpc) is 3.17. The van der Waals surface area contributed by atoms with Crippen LogP contribution in [-0.4, -0.2) is 10.9 Å². The standard InChI is InChI=1S/C19H12N2O4/c22-17(16-10-5-11-24-16)20-14-8-3-1-6-12(14)18-21-15-9-4-2-7-13(15)19(23)25-18/h1-11H,(H,20,22). The quantitative estimate of drug-likeness (QED) is 0.618. The van der Waals surface area contributed by atoms with Crippen molar-refractivity contribution >= 4 is 22.5 Å². The first-order valence-electron chi connectivity index (χ1n) is 7.56. The predicted octanol–water partition coefficient (Wildman–Crippen LogP) is 3.70. The number of furan rings is 1. The van der Waals surface area contributed by atoms with E-state index in [-0.39, 0.29) is 11.7 Å². The fraction of sp³-hybridized carbons (Fsp3) is 0. The number of aromatic nitrogens is 1. The maximum absolute atomic E-state index is 12.2. The summed E-state index contributed by atoms with van der Waals surface area (Å²) in [6, 6.07) is 17.1. The van der Waals surface area contributed by atoms with E-state index in [4.69, 9.17) is 8.83 Å². The van der Waals surface area contributed by atoms with E-state index < -0.39 is 11.5 Å². The third kappa shape index (κ3) is 2.81. The molecule has 6 nitrogen and oxygen atoms in total. The minimum Gasteiger partial charge on any atom is -0.459 e. The lowest BCUT2D eigenvalue weighted by molar-refractivity contribution is 0.0996. The van der Waals surface area contributed by atoms with Crippen LogP contribution in [0.15, 0.2) is 80.6 Å². The molecule has 2 aromatic carbocycles. The van der Waals surface area contributed by atoms with E-state index in [1.165, 1.54) is 6.26 Å². The molecule has 0 atom stereocenters. The van der Waals surface area contributed by atoms with Crippen LogP contribution in [0.4, 0.5) is 5.69 Å². The number of fused-ring (bicyclic) bond motifs is 1. The number of benzene rings is 2. The molecule has 2 heterocycles. The van der Waals surface area contributed by atoms with E-state index in [1.54, 1.807) is 60.7 Å². The maximum atomic E-state index is 12.2. The Hall–Kier alpha value is -3.67. The molecule has 0 saturated heterocycles. The Balaban J connectivity index is 1.79. The lowest BCUT2D eigenvalue weighted by Gasteiger charge is -2.09. The average molecular weight is 332 g/mol. The number of hydrogen-bond donors (Lipinski definition) is 1. The summed E-state index contributed by atoms with van der Waals surface area (Å²) in [5.74, 6) is -0.0812. The van der Waals surface area contributed by atoms with Crippen molar-refractivity contribution in [1.82, 2.24) is 4.98 Å². The van der Waals surface area contributed by atoms with Gasteiger partial charge in [0.15, 0.2) is 5.76 Å². The smallest absolute Gasteiger partial charge is 0.347 e. The van der Waals surface area contributed by atoms with Crippen molar-refractivity contribution < 1.29 is 13.6 Å². The predicted molar refractivity (Wildman–Crippen MR) is 92.4 cm³/mol. The number of hydrogen-bond acceptors (Lipinski definition) is 5. The zero-order valence-corrected chi connectivity index (χ0v) is 12.9. The van der Waals surface area contributed by atoms with Gasteiger partial charge in [-0.3, -0.25) is 4.79 Å². The van der Waals surface area contributed by atoms with Crippen molar-refractivity contribution in [2.45, 2.75) is 0 Å². The van der Waals surface area contributed by atoms with E-state index in [1.807, 2.05) is 0 Å². The molecule has 0 saturated carbocycles. The van der Waals surface area contributed by atoms with Gasteiger partial charge in [0, 0.05) is 0 Å². The summed E-state index contributed by atoms with van der Waals surface area (Å²) in [6.07, 6.45) is 1.42. The number of para-hydroxylation sites is 2. The van der Waals surface area contributed by atoms with Gasteiger partial charge in [-0.2, -0.15) is 0 Å². The summed E-state index contributed by atoms with van der Waals surface area (Å²) in [7, 11) is 0. The summed E-state index contributed by atoms with van der Waals surface area (Å²) >= 11 is 0. The van der Waals surface area contributed by atoms with Crippen LogP contribution in [0.1, 0.15) is 10.6 Å². The number of amides is 1. The van der Waals surface area contributed by atoms with E-state index in [0.29, 0.717) is 22.2 Å². The molecule has 0 bridgehead atoms. The van der Waals surface area contributed by atoms with Crippen molar-refractivity contribution in [2.24, 2.45) is 0 Å². The number of anilines is 1. The van der Waals surface area contributed by atoms with Crippen LogP contribution in [0.2, 0.25) is 0 Å². The minimum atomic E-state index is -0.479. The van der Waals surface area contributed by atoms with E-state index in [2.05, 4.69) is 10.3 Å². The molecule has 25 heavy (non-hydrogen) atoms. The SMILES string of the molecule is O=C(Nc1ccccc1-c1nc2ccccc2c(=O)o1)c1ccco1. The van der Waals surface area contributed by atoms with Gasteiger partial charge in [-0.25, -0.2) is 9.78 Å². The van der Waals surface area contributed by atoms with E-state index in [9.17, 15) is 9.59 Å². The lowest BCUT2D eigenvalue weighted by atomic mass is 10.1. The van der Waals surface area contributed by atoms with Crippen molar-refractivity contribution in [3.05, 3.63) is 83.1 Å². The van der Waals surface area contributed by atoms with Crippen LogP contribution in [0.25, 0.3) is 22.4 Å². The van der Waals surface area contributed by atoms with Crippen LogP contribution in [0.3, 0.4) is 0 Å². The topological polar surface area (TPSA) is 85.3 Å². The Bertz CT molecular complexity index is 1110. The molecule has 1 N–H and O–H groups in total. The normalized spacial score (nSPS) is 10.7. The van der Waals surface area contributed by atoms with Crippen LogP contribution >= 0.6 is 0 Å². The highest BCUT2D eigenvalue weighted by atomic mass is 16.4. The molecule has 0 spiro atoms. The molecule has 0 fully saturated rings. The summed E-state index contributed by atoms with van der Waals surface area (Å²) in [4.78, 5) is 28.8. The molecule has 4 rings (SSSR count). The second-order valence-electron chi connectivity index (χ2n) is 5.30. The van der Waals surface area contributed by atoms with Crippen LogP contribution in [0, 0.1) is 0 Å². The Morgan fingerprint density at radius 3 is 2.60 bits per heavy atom. The zero-order chi connectivity index (χ0) is 17.2. The molecular weight excluding hydrogens is 320 g/mol. The highest BCUT2D eigenvalue weighted by Gasteiger charge is 2.15. The van der Waals surface area contributed by atoms with Gasteiger partial charge in [0.05, 0.1) is 28.4 Å². The van der Waals surface area contributed by atoms with Crippen LogP contribution < -0.4 is 10.9 Å². The molecule has 2 aromatic heterocycles. The largest absolute Gasteiger partial charge is 0.459 e. The Morgan fingerprint density at radius 2 is 1.76 bits per heavy atom. The zero-order valence-electron chi connectivity index (χ0n) is 12.9. The summed E-state index contributed by atoms with van der Waals surface area (Å²) in [5, 5.41) is 3.15. The van der Waals surface area contributed by atoms with Crippen LogP contribution in [-0.2, 0) is 0 Å². The number of carbonyl (C=O) groups excluding carboxylic acids is 1. The highest BCUT2D eigenvalue weighted by Crippen LogP contribution is 2.27. The molecular formula is C19H12N2O4. The fourth-order valence-electron chi connectivity index (χ4n) is 2.50. The van der Waals surface area contributed by atoms with Gasteiger partial charge >= 0.3 is 5.63 Å². The molecule has 0 aliphatic heterocycles. The Kier molecular flexibility index (Phi) is 3.63. The number of rotatable bonds is 3. The number of carbonyl (C=O) groups is 1. The van der Waals surface area contributed by atoms with Gasteiger partial charge in [-0.15, -0.1) is 0 Å². The Labute approximate surface area is 141 Å². The molecule has 0 aliphatic rings. The monoisotopic (exact) mass is 332 g/mol. The van der Waals surface area contributed by atoms with E-state index in [0.717, 1.165) is 0 Å². The Morgan fingerprint density at radius 1 is 0.960 bits per heavy atom. The van der Waals surface area contributed by atoms with Gasteiger partial charge in [0.25, 0.3) is 5.91 Å². The molecule has 0 radical (unpaired) electrons. The molecule has 6 heteroatoms. The van der Waals surface area contributed by atoms with Crippen molar-refractivity contribution in [2.75, 3.05) is 5.32 Å². The third-order valence-electron chi connectivity index (χ3n) is 3.69. The number of nitrogens with one attached hydrogen (secondary N) is 1. The van der Waals surface area contributed by atoms with Gasteiger partial charge in [0.2, 0.25) is 5.89 Å². The highest BCUT2D eigenvalue weighted by molar-refractivity contribution is 6.04. The summed E-state index contributed by atoms with van der Waals surface area (Å²) in [6.45, 7) is 0. The minimum absolute atomic E-state index is 0.138. The first kappa shape index (κ1) is 14.9. The first-order valence-corrected chi connectivity index (χ1v) is 7.56. The summed E-state index contributed by atoms with van der Waals surface area (Å²) < 4.78 is 10.4. The molecule has 0 aliphatic carbocycles. The van der Waals surface area contributed by atoms with Crippen LogP contribution in [0.5, 0.6) is 0 Å². The molecule has 1 amide bonds. The second kappa shape index (κ2) is 6.09. The van der Waals surface area contributed by atoms with Gasteiger partial charge < -0.3 is 14.2 Å².